The van der Waals surface area contributed by atoms with Crippen molar-refractivity contribution in [3.8, 4) is 11.1 Å². The molecule has 2 aromatic heterocycles. The van der Waals surface area contributed by atoms with Crippen molar-refractivity contribution in [2.75, 3.05) is 12.4 Å². The highest BCUT2D eigenvalue weighted by Gasteiger charge is 2.22. The first-order chi connectivity index (χ1) is 13.0. The predicted octanol–water partition coefficient (Wildman–Crippen LogP) is 3.74. The van der Waals surface area contributed by atoms with Gasteiger partial charge in [0.25, 0.3) is 5.91 Å². The van der Waals surface area contributed by atoms with Crippen LogP contribution in [-0.4, -0.2) is 19.0 Å². The van der Waals surface area contributed by atoms with E-state index < -0.39 is 5.97 Å². The molecule has 0 bridgehead atoms. The molecule has 0 aliphatic carbocycles. The van der Waals surface area contributed by atoms with Crippen molar-refractivity contribution < 1.29 is 18.9 Å². The van der Waals surface area contributed by atoms with Crippen LogP contribution in [0.3, 0.4) is 0 Å². The fourth-order valence-corrected chi connectivity index (χ4v) is 3.88. The predicted molar refractivity (Wildman–Crippen MR) is 106 cm³/mol. The van der Waals surface area contributed by atoms with E-state index in [1.54, 1.807) is 0 Å². The van der Waals surface area contributed by atoms with Crippen molar-refractivity contribution in [2.45, 2.75) is 20.4 Å². The summed E-state index contributed by atoms with van der Waals surface area (Å²) in [6.45, 7) is 3.92. The van der Waals surface area contributed by atoms with Crippen molar-refractivity contribution in [1.29, 1.82) is 0 Å². The van der Waals surface area contributed by atoms with Gasteiger partial charge in [0.15, 0.2) is 12.4 Å². The first-order valence-electron chi connectivity index (χ1n) is 8.52. The molecular weight excluding hydrogens is 360 g/mol. The van der Waals surface area contributed by atoms with Gasteiger partial charge in [-0.3, -0.25) is 4.79 Å². The molecule has 2 heterocycles. The fraction of sp³-hybridized carbons (Fsp3) is 0.190. The largest absolute Gasteiger partial charge is 0.465 e. The number of pyridine rings is 1. The number of aromatic nitrogens is 1. The van der Waals surface area contributed by atoms with E-state index in [1.165, 1.54) is 18.4 Å². The van der Waals surface area contributed by atoms with Crippen molar-refractivity contribution in [3.63, 3.8) is 0 Å². The highest BCUT2D eigenvalue weighted by molar-refractivity contribution is 7.16. The summed E-state index contributed by atoms with van der Waals surface area (Å²) in [4.78, 5) is 25.6. The topological polar surface area (TPSA) is 59.3 Å². The molecule has 1 aromatic carbocycles. The molecule has 6 heteroatoms. The van der Waals surface area contributed by atoms with Crippen LogP contribution in [0.2, 0.25) is 0 Å². The Hall–Kier alpha value is -2.99. The summed E-state index contributed by atoms with van der Waals surface area (Å²) in [7, 11) is 1.34. The van der Waals surface area contributed by atoms with Gasteiger partial charge >= 0.3 is 5.97 Å². The Morgan fingerprint density at radius 2 is 1.78 bits per heavy atom. The third-order valence-corrected chi connectivity index (χ3v) is 5.44. The third kappa shape index (κ3) is 4.23. The van der Waals surface area contributed by atoms with Gasteiger partial charge in [0, 0.05) is 16.5 Å². The number of nitrogens with zero attached hydrogens (tertiary/aromatic N) is 1. The number of carbonyl (C=O) groups excluding carboxylic acids is 2. The quantitative estimate of drug-likeness (QED) is 0.541. The van der Waals surface area contributed by atoms with E-state index >= 15 is 0 Å². The lowest BCUT2D eigenvalue weighted by molar-refractivity contribution is -0.683. The number of ether oxygens (including phenoxy) is 1. The number of carbonyl (C=O) groups is 2. The molecule has 0 aliphatic heterocycles. The fourth-order valence-electron chi connectivity index (χ4n) is 2.82. The van der Waals surface area contributed by atoms with E-state index in [4.69, 9.17) is 4.74 Å². The molecule has 0 spiro atoms. The van der Waals surface area contributed by atoms with Gasteiger partial charge in [0.1, 0.15) is 5.00 Å². The zero-order valence-electron chi connectivity index (χ0n) is 15.5. The number of nitrogens with one attached hydrogen (secondary N) is 1. The van der Waals surface area contributed by atoms with Crippen molar-refractivity contribution in [3.05, 3.63) is 70.9 Å². The number of esters is 1. The summed E-state index contributed by atoms with van der Waals surface area (Å²) in [5, 5.41) is 3.38. The van der Waals surface area contributed by atoms with Crippen molar-refractivity contribution in [2.24, 2.45) is 0 Å². The Kier molecular flexibility index (Phi) is 5.66. The van der Waals surface area contributed by atoms with Gasteiger partial charge in [-0.05, 0) is 31.0 Å². The third-order valence-electron chi connectivity index (χ3n) is 4.32. The molecule has 0 radical (unpaired) electrons. The zero-order chi connectivity index (χ0) is 19.4. The summed E-state index contributed by atoms with van der Waals surface area (Å²) in [6, 6.07) is 13.9. The lowest BCUT2D eigenvalue weighted by Crippen LogP contribution is -2.39. The highest BCUT2D eigenvalue weighted by Crippen LogP contribution is 2.32. The molecule has 0 saturated heterocycles. The molecule has 0 fully saturated rings. The molecule has 138 valence electrons. The number of benzene rings is 1. The van der Waals surface area contributed by atoms with E-state index in [1.807, 2.05) is 73.3 Å². The maximum atomic E-state index is 12.5. The van der Waals surface area contributed by atoms with Gasteiger partial charge in [0.2, 0.25) is 6.54 Å². The summed E-state index contributed by atoms with van der Waals surface area (Å²) in [5.41, 5.74) is 3.38. The van der Waals surface area contributed by atoms with Crippen LogP contribution in [0.4, 0.5) is 5.00 Å². The van der Waals surface area contributed by atoms with E-state index in [-0.39, 0.29) is 12.5 Å². The standard InChI is InChI=1S/C21H20N2O3S/c1-14-15(2)27-20(19(14)21(25)26-3)22-18(24)13-23-11-7-10-17(12-23)16-8-5-4-6-9-16/h4-12H,13H2,1-3H3/p+1. The number of rotatable bonds is 5. The first kappa shape index (κ1) is 18.8. The molecule has 0 aliphatic rings. The molecular formula is C21H21N2O3S+. The van der Waals surface area contributed by atoms with Crippen LogP contribution >= 0.6 is 11.3 Å². The van der Waals surface area contributed by atoms with Gasteiger partial charge in [-0.1, -0.05) is 30.3 Å². The zero-order valence-corrected chi connectivity index (χ0v) is 16.3. The Morgan fingerprint density at radius 3 is 2.48 bits per heavy atom. The summed E-state index contributed by atoms with van der Waals surface area (Å²) in [5.74, 6) is -0.637. The number of hydrogen-bond acceptors (Lipinski definition) is 4. The van der Waals surface area contributed by atoms with E-state index in [0.29, 0.717) is 10.6 Å². The van der Waals surface area contributed by atoms with Crippen molar-refractivity contribution in [1.82, 2.24) is 0 Å². The number of amides is 1. The maximum Gasteiger partial charge on any atom is 0.341 e. The van der Waals surface area contributed by atoms with Crippen LogP contribution in [0.25, 0.3) is 11.1 Å². The second-order valence-electron chi connectivity index (χ2n) is 6.16. The van der Waals surface area contributed by atoms with Gasteiger partial charge in [0.05, 0.1) is 12.7 Å². The molecule has 1 amide bonds. The molecule has 0 unspecified atom stereocenters. The second kappa shape index (κ2) is 8.14. The number of aryl methyl sites for hydroxylation is 1. The minimum Gasteiger partial charge on any atom is -0.465 e. The average molecular weight is 381 g/mol. The van der Waals surface area contributed by atoms with E-state index in [0.717, 1.165) is 21.6 Å². The molecule has 0 saturated carbocycles. The Labute approximate surface area is 162 Å². The lowest BCUT2D eigenvalue weighted by Gasteiger charge is -2.05. The summed E-state index contributed by atoms with van der Waals surface area (Å²) in [6.07, 6.45) is 3.78. The maximum absolute atomic E-state index is 12.5. The normalized spacial score (nSPS) is 10.5. The molecule has 27 heavy (non-hydrogen) atoms. The highest BCUT2D eigenvalue weighted by atomic mass is 32.1. The van der Waals surface area contributed by atoms with Crippen molar-refractivity contribution >= 4 is 28.2 Å². The van der Waals surface area contributed by atoms with Gasteiger partial charge < -0.3 is 10.1 Å². The minimum atomic E-state index is -0.439. The number of thiophene rings is 1. The van der Waals surface area contributed by atoms with Crippen LogP contribution in [0.5, 0.6) is 0 Å². The van der Waals surface area contributed by atoms with Crippen LogP contribution < -0.4 is 9.88 Å². The van der Waals surface area contributed by atoms with E-state index in [9.17, 15) is 9.59 Å². The molecule has 3 aromatic rings. The first-order valence-corrected chi connectivity index (χ1v) is 9.34. The van der Waals surface area contributed by atoms with Gasteiger partial charge in [-0.2, -0.15) is 4.57 Å². The SMILES string of the molecule is COC(=O)c1c(NC(=O)C[n+]2cccc(-c3ccccc3)c2)sc(C)c1C. The lowest BCUT2D eigenvalue weighted by atomic mass is 10.1. The summed E-state index contributed by atoms with van der Waals surface area (Å²) < 4.78 is 6.67. The molecule has 5 nitrogen and oxygen atoms in total. The molecule has 1 N–H and O–H groups in total. The van der Waals surface area contributed by atoms with Crippen LogP contribution in [0.1, 0.15) is 20.8 Å². The second-order valence-corrected chi connectivity index (χ2v) is 7.38. The Bertz CT molecular complexity index is 980. The van der Waals surface area contributed by atoms with Crippen LogP contribution in [-0.2, 0) is 16.1 Å². The van der Waals surface area contributed by atoms with E-state index in [2.05, 4.69) is 5.32 Å². The minimum absolute atomic E-state index is 0.150. The van der Waals surface area contributed by atoms with Crippen LogP contribution in [0.15, 0.2) is 54.9 Å². The van der Waals surface area contributed by atoms with Gasteiger partial charge in [-0.25, -0.2) is 4.79 Å². The molecule has 3 rings (SSSR count). The van der Waals surface area contributed by atoms with Gasteiger partial charge in [-0.15, -0.1) is 11.3 Å². The monoisotopic (exact) mass is 381 g/mol. The summed E-state index contributed by atoms with van der Waals surface area (Å²) >= 11 is 1.38. The number of anilines is 1. The average Bonchev–Trinajstić information content (AvgIpc) is 2.95. The van der Waals surface area contributed by atoms with Crippen LogP contribution in [0, 0.1) is 13.8 Å². The Morgan fingerprint density at radius 1 is 1.07 bits per heavy atom. The Balaban J connectivity index is 1.78. The number of methoxy groups -OCH3 is 1. The molecule has 0 atom stereocenters. The number of hydrogen-bond donors (Lipinski definition) is 1. The smallest absolute Gasteiger partial charge is 0.341 e.